The minimum atomic E-state index is -0.0638. The Balaban J connectivity index is 1.76. The first-order valence-corrected chi connectivity index (χ1v) is 7.79. The fraction of sp³-hybridized carbons (Fsp3) is 0.353. The fourth-order valence-corrected chi connectivity index (χ4v) is 3.18. The van der Waals surface area contributed by atoms with Crippen molar-refractivity contribution in [2.24, 2.45) is 5.92 Å². The zero-order chi connectivity index (χ0) is 15.5. The van der Waals surface area contributed by atoms with Gasteiger partial charge >= 0.3 is 6.03 Å². The molecule has 0 spiro atoms. The van der Waals surface area contributed by atoms with Crippen molar-refractivity contribution < 1.29 is 9.53 Å². The van der Waals surface area contributed by atoms with Gasteiger partial charge in [0.25, 0.3) is 0 Å². The van der Waals surface area contributed by atoms with E-state index < -0.39 is 0 Å². The second kappa shape index (κ2) is 6.55. The largest absolute Gasteiger partial charge is 0.384 e. The molecular formula is C17H19ClN2O2. The minimum absolute atomic E-state index is 0.0638. The van der Waals surface area contributed by atoms with E-state index in [0.29, 0.717) is 17.5 Å². The highest BCUT2D eigenvalue weighted by Crippen LogP contribution is 2.30. The van der Waals surface area contributed by atoms with Crippen LogP contribution >= 0.6 is 11.6 Å². The number of methoxy groups -OCH3 is 1. The van der Waals surface area contributed by atoms with Crippen molar-refractivity contribution in [3.05, 3.63) is 41.4 Å². The van der Waals surface area contributed by atoms with Gasteiger partial charge in [-0.25, -0.2) is 4.79 Å². The van der Waals surface area contributed by atoms with Gasteiger partial charge < -0.3 is 15.0 Å². The van der Waals surface area contributed by atoms with Gasteiger partial charge in [-0.05, 0) is 18.6 Å². The second-order valence-electron chi connectivity index (χ2n) is 5.63. The zero-order valence-corrected chi connectivity index (χ0v) is 13.3. The molecule has 22 heavy (non-hydrogen) atoms. The SMILES string of the molecule is COC[C@H]1CCN(C(=O)Nc2ccc(Cl)c3ccccc23)C1. The Bertz CT molecular complexity index is 689. The third kappa shape index (κ3) is 3.03. The van der Waals surface area contributed by atoms with Gasteiger partial charge in [0.2, 0.25) is 0 Å². The number of amides is 2. The van der Waals surface area contributed by atoms with Gasteiger partial charge in [-0.1, -0.05) is 35.9 Å². The van der Waals surface area contributed by atoms with E-state index in [4.69, 9.17) is 16.3 Å². The molecule has 1 N–H and O–H groups in total. The van der Waals surface area contributed by atoms with Gasteiger partial charge in [-0.2, -0.15) is 0 Å². The number of nitrogens with one attached hydrogen (secondary N) is 1. The maximum atomic E-state index is 12.4. The molecule has 1 heterocycles. The van der Waals surface area contributed by atoms with Crippen LogP contribution in [0.2, 0.25) is 5.02 Å². The molecule has 0 unspecified atom stereocenters. The van der Waals surface area contributed by atoms with Gasteiger partial charge in [0.05, 0.1) is 12.3 Å². The van der Waals surface area contributed by atoms with Crippen molar-refractivity contribution in [2.75, 3.05) is 32.1 Å². The maximum Gasteiger partial charge on any atom is 0.321 e. The highest BCUT2D eigenvalue weighted by Gasteiger charge is 2.26. The van der Waals surface area contributed by atoms with Crippen molar-refractivity contribution in [3.63, 3.8) is 0 Å². The molecule has 4 nitrogen and oxygen atoms in total. The number of likely N-dealkylation sites (tertiary alicyclic amines) is 1. The number of halogens is 1. The number of nitrogens with zero attached hydrogens (tertiary/aromatic N) is 1. The van der Waals surface area contributed by atoms with Crippen LogP contribution in [-0.4, -0.2) is 37.7 Å². The zero-order valence-electron chi connectivity index (χ0n) is 12.5. The van der Waals surface area contributed by atoms with Crippen LogP contribution in [0.25, 0.3) is 10.8 Å². The lowest BCUT2D eigenvalue weighted by Gasteiger charge is -2.18. The molecule has 2 aromatic carbocycles. The Morgan fingerprint density at radius 3 is 2.86 bits per heavy atom. The number of rotatable bonds is 3. The van der Waals surface area contributed by atoms with E-state index in [9.17, 15) is 4.79 Å². The van der Waals surface area contributed by atoms with E-state index >= 15 is 0 Å². The maximum absolute atomic E-state index is 12.4. The molecule has 2 aromatic rings. The van der Waals surface area contributed by atoms with Crippen LogP contribution in [0.5, 0.6) is 0 Å². The molecule has 0 radical (unpaired) electrons. The van der Waals surface area contributed by atoms with E-state index in [1.54, 1.807) is 7.11 Å². The predicted molar refractivity (Wildman–Crippen MR) is 89.5 cm³/mol. The molecule has 116 valence electrons. The Labute approximate surface area is 135 Å². The predicted octanol–water partition coefficient (Wildman–Crippen LogP) is 3.99. The van der Waals surface area contributed by atoms with Crippen molar-refractivity contribution >= 4 is 34.1 Å². The number of benzene rings is 2. The standard InChI is InChI=1S/C17H19ClN2O2/c1-22-11-12-8-9-20(10-12)17(21)19-16-7-6-15(18)13-4-2-3-5-14(13)16/h2-7,12H,8-11H2,1H3,(H,19,21)/t12-/m0/s1. The highest BCUT2D eigenvalue weighted by molar-refractivity contribution is 6.36. The molecule has 2 amide bonds. The molecule has 5 heteroatoms. The fourth-order valence-electron chi connectivity index (χ4n) is 2.95. The third-order valence-corrected chi connectivity index (χ3v) is 4.42. The lowest BCUT2D eigenvalue weighted by molar-refractivity contribution is 0.154. The number of carbonyl (C=O) groups excluding carboxylic acids is 1. The molecule has 0 bridgehead atoms. The topological polar surface area (TPSA) is 41.6 Å². The molecule has 1 aliphatic heterocycles. The smallest absolute Gasteiger partial charge is 0.321 e. The van der Waals surface area contributed by atoms with Gasteiger partial charge in [0, 0.05) is 41.9 Å². The van der Waals surface area contributed by atoms with E-state index in [1.165, 1.54) is 0 Å². The van der Waals surface area contributed by atoms with Crippen LogP contribution in [0.1, 0.15) is 6.42 Å². The van der Waals surface area contributed by atoms with E-state index in [-0.39, 0.29) is 6.03 Å². The van der Waals surface area contributed by atoms with Crippen LogP contribution in [0.3, 0.4) is 0 Å². The summed E-state index contributed by atoms with van der Waals surface area (Å²) in [4.78, 5) is 14.3. The molecule has 3 rings (SSSR count). The summed E-state index contributed by atoms with van der Waals surface area (Å²) in [5.74, 6) is 0.428. The summed E-state index contributed by atoms with van der Waals surface area (Å²) in [7, 11) is 1.70. The Kier molecular flexibility index (Phi) is 4.50. The number of hydrogen-bond acceptors (Lipinski definition) is 2. The molecular weight excluding hydrogens is 300 g/mol. The van der Waals surface area contributed by atoms with Crippen LogP contribution in [0.4, 0.5) is 10.5 Å². The van der Waals surface area contributed by atoms with Crippen molar-refractivity contribution in [1.82, 2.24) is 4.90 Å². The first kappa shape index (κ1) is 15.1. The molecule has 0 aromatic heterocycles. The minimum Gasteiger partial charge on any atom is -0.384 e. The number of urea groups is 1. The summed E-state index contributed by atoms with van der Waals surface area (Å²) in [5, 5.41) is 5.59. The first-order chi connectivity index (χ1) is 10.7. The third-order valence-electron chi connectivity index (χ3n) is 4.09. The van der Waals surface area contributed by atoms with Crippen molar-refractivity contribution in [2.45, 2.75) is 6.42 Å². The Hall–Kier alpha value is -1.78. The monoisotopic (exact) mass is 318 g/mol. The van der Waals surface area contributed by atoms with Crippen molar-refractivity contribution in [1.29, 1.82) is 0 Å². The molecule has 1 saturated heterocycles. The molecule has 1 aliphatic rings. The Morgan fingerprint density at radius 1 is 1.32 bits per heavy atom. The van der Waals surface area contributed by atoms with Gasteiger partial charge in [0.1, 0.15) is 0 Å². The number of hydrogen-bond donors (Lipinski definition) is 1. The second-order valence-corrected chi connectivity index (χ2v) is 6.03. The summed E-state index contributed by atoms with van der Waals surface area (Å²) in [6, 6.07) is 11.4. The van der Waals surface area contributed by atoms with Gasteiger partial charge in [-0.3, -0.25) is 0 Å². The van der Waals surface area contributed by atoms with E-state index in [1.807, 2.05) is 41.3 Å². The lowest BCUT2D eigenvalue weighted by atomic mass is 10.1. The average Bonchev–Trinajstić information content (AvgIpc) is 2.99. The highest BCUT2D eigenvalue weighted by atomic mass is 35.5. The number of fused-ring (bicyclic) bond motifs is 1. The lowest BCUT2D eigenvalue weighted by Crippen LogP contribution is -2.33. The summed E-state index contributed by atoms with van der Waals surface area (Å²) < 4.78 is 5.17. The van der Waals surface area contributed by atoms with Crippen LogP contribution in [-0.2, 0) is 4.74 Å². The van der Waals surface area contributed by atoms with Crippen molar-refractivity contribution in [3.8, 4) is 0 Å². The quantitative estimate of drug-likeness (QED) is 0.929. The van der Waals surface area contributed by atoms with Crippen LogP contribution in [0, 0.1) is 5.92 Å². The summed E-state index contributed by atoms with van der Waals surface area (Å²) in [6.45, 7) is 2.21. The molecule has 0 aliphatic carbocycles. The Morgan fingerprint density at radius 2 is 2.09 bits per heavy atom. The molecule has 1 fully saturated rings. The average molecular weight is 319 g/mol. The molecule has 0 saturated carbocycles. The normalized spacial score (nSPS) is 17.9. The van der Waals surface area contributed by atoms with E-state index in [0.717, 1.165) is 36.0 Å². The summed E-state index contributed by atoms with van der Waals surface area (Å²) >= 11 is 6.21. The first-order valence-electron chi connectivity index (χ1n) is 7.41. The van der Waals surface area contributed by atoms with E-state index in [2.05, 4.69) is 5.32 Å². The number of anilines is 1. The van der Waals surface area contributed by atoms with Crippen LogP contribution in [0.15, 0.2) is 36.4 Å². The number of carbonyl (C=O) groups is 1. The summed E-state index contributed by atoms with van der Waals surface area (Å²) in [5.41, 5.74) is 0.792. The van der Waals surface area contributed by atoms with Gasteiger partial charge in [0.15, 0.2) is 0 Å². The molecule has 1 atom stereocenters. The summed E-state index contributed by atoms with van der Waals surface area (Å²) in [6.07, 6.45) is 0.989. The number of ether oxygens (including phenoxy) is 1. The van der Waals surface area contributed by atoms with Crippen LogP contribution < -0.4 is 5.32 Å². The van der Waals surface area contributed by atoms with Gasteiger partial charge in [-0.15, -0.1) is 0 Å².